The predicted octanol–water partition coefficient (Wildman–Crippen LogP) is 5.10. The van der Waals surface area contributed by atoms with E-state index in [9.17, 15) is 0 Å². The summed E-state index contributed by atoms with van der Waals surface area (Å²) >= 11 is 0. The van der Waals surface area contributed by atoms with E-state index in [0.29, 0.717) is 5.75 Å². The van der Waals surface area contributed by atoms with E-state index >= 15 is 0 Å². The SMILES string of the molecule is Cc1cccc(O)c1C.Cc1cccc(OC(C)C)c1C. The van der Waals surface area contributed by atoms with Crippen molar-refractivity contribution in [2.75, 3.05) is 0 Å². The largest absolute Gasteiger partial charge is 0.508 e. The zero-order valence-corrected chi connectivity index (χ0v) is 13.9. The van der Waals surface area contributed by atoms with Gasteiger partial charge in [0.2, 0.25) is 0 Å². The van der Waals surface area contributed by atoms with Gasteiger partial charge in [-0.25, -0.2) is 0 Å². The molecule has 0 saturated carbocycles. The van der Waals surface area contributed by atoms with Crippen LogP contribution in [0.15, 0.2) is 36.4 Å². The molecule has 0 saturated heterocycles. The third-order valence-electron chi connectivity index (χ3n) is 3.49. The smallest absolute Gasteiger partial charge is 0.122 e. The van der Waals surface area contributed by atoms with E-state index in [2.05, 4.69) is 19.9 Å². The van der Waals surface area contributed by atoms with Crippen molar-refractivity contribution in [3.8, 4) is 11.5 Å². The lowest BCUT2D eigenvalue weighted by Gasteiger charge is -2.13. The maximum atomic E-state index is 9.10. The summed E-state index contributed by atoms with van der Waals surface area (Å²) < 4.78 is 5.63. The van der Waals surface area contributed by atoms with Crippen LogP contribution in [0.3, 0.4) is 0 Å². The maximum absolute atomic E-state index is 9.10. The molecule has 2 aromatic rings. The van der Waals surface area contributed by atoms with Crippen LogP contribution < -0.4 is 4.74 Å². The van der Waals surface area contributed by atoms with Gasteiger partial charge in [-0.2, -0.15) is 0 Å². The molecule has 0 aromatic heterocycles. The number of benzene rings is 2. The molecule has 0 unspecified atom stereocenters. The van der Waals surface area contributed by atoms with E-state index in [1.54, 1.807) is 6.07 Å². The van der Waals surface area contributed by atoms with Crippen LogP contribution in [0, 0.1) is 27.7 Å². The molecular weight excluding hydrogens is 260 g/mol. The molecule has 0 aliphatic heterocycles. The number of aryl methyl sites for hydroxylation is 2. The summed E-state index contributed by atoms with van der Waals surface area (Å²) in [6.07, 6.45) is 0.255. The molecule has 114 valence electrons. The molecule has 2 nitrogen and oxygen atoms in total. The van der Waals surface area contributed by atoms with Gasteiger partial charge in [-0.15, -0.1) is 0 Å². The van der Waals surface area contributed by atoms with Crippen LogP contribution in [-0.4, -0.2) is 11.2 Å². The molecule has 0 amide bonds. The van der Waals surface area contributed by atoms with E-state index in [-0.39, 0.29) is 6.10 Å². The van der Waals surface area contributed by atoms with E-state index in [0.717, 1.165) is 16.9 Å². The molecule has 0 aliphatic carbocycles. The van der Waals surface area contributed by atoms with Gasteiger partial charge in [0, 0.05) is 0 Å². The summed E-state index contributed by atoms with van der Waals surface area (Å²) in [6.45, 7) is 12.2. The van der Waals surface area contributed by atoms with Crippen molar-refractivity contribution in [1.82, 2.24) is 0 Å². The molecular formula is C19H26O2. The highest BCUT2D eigenvalue weighted by Crippen LogP contribution is 2.21. The first-order chi connectivity index (χ1) is 9.82. The first-order valence-electron chi connectivity index (χ1n) is 7.31. The van der Waals surface area contributed by atoms with Gasteiger partial charge in [-0.3, -0.25) is 0 Å². The number of hydrogen-bond donors (Lipinski definition) is 1. The second-order valence-electron chi connectivity index (χ2n) is 5.58. The van der Waals surface area contributed by atoms with E-state index in [1.807, 2.05) is 52.0 Å². The Morgan fingerprint density at radius 2 is 1.33 bits per heavy atom. The third-order valence-corrected chi connectivity index (χ3v) is 3.49. The van der Waals surface area contributed by atoms with Crippen molar-refractivity contribution < 1.29 is 9.84 Å². The molecule has 0 aliphatic rings. The van der Waals surface area contributed by atoms with Gasteiger partial charge >= 0.3 is 0 Å². The van der Waals surface area contributed by atoms with Gasteiger partial charge in [0.05, 0.1) is 6.10 Å². The van der Waals surface area contributed by atoms with Crippen LogP contribution in [0.2, 0.25) is 0 Å². The summed E-state index contributed by atoms with van der Waals surface area (Å²) in [5.41, 5.74) is 4.63. The molecule has 0 spiro atoms. The van der Waals surface area contributed by atoms with Crippen LogP contribution in [0.5, 0.6) is 11.5 Å². The summed E-state index contributed by atoms with van der Waals surface area (Å²) in [5, 5.41) is 9.10. The monoisotopic (exact) mass is 286 g/mol. The molecule has 2 aromatic carbocycles. The number of aromatic hydroxyl groups is 1. The average Bonchev–Trinajstić information content (AvgIpc) is 2.41. The van der Waals surface area contributed by atoms with Crippen molar-refractivity contribution >= 4 is 0 Å². The predicted molar refractivity (Wildman–Crippen MR) is 89.3 cm³/mol. The topological polar surface area (TPSA) is 29.5 Å². The minimum absolute atomic E-state index is 0.255. The van der Waals surface area contributed by atoms with Gasteiger partial charge in [-0.05, 0) is 75.9 Å². The number of phenols is 1. The van der Waals surface area contributed by atoms with Crippen molar-refractivity contribution in [2.24, 2.45) is 0 Å². The molecule has 0 fully saturated rings. The van der Waals surface area contributed by atoms with Gasteiger partial charge in [0.25, 0.3) is 0 Å². The molecule has 0 heterocycles. The Bertz CT molecular complexity index is 566. The highest BCUT2D eigenvalue weighted by Gasteiger charge is 2.02. The third kappa shape index (κ3) is 5.14. The standard InChI is InChI=1S/C11H16O.C8H10O/c1-8(2)12-11-7-5-6-9(3)10(11)4;1-6-4-3-5-8(9)7(6)2/h5-8H,1-4H3;3-5,9H,1-2H3. The summed E-state index contributed by atoms with van der Waals surface area (Å²) in [6, 6.07) is 11.7. The number of rotatable bonds is 2. The lowest BCUT2D eigenvalue weighted by Crippen LogP contribution is -2.06. The van der Waals surface area contributed by atoms with Crippen LogP contribution in [0.1, 0.15) is 36.1 Å². The molecule has 2 rings (SSSR count). The minimum Gasteiger partial charge on any atom is -0.508 e. The zero-order valence-electron chi connectivity index (χ0n) is 13.9. The Morgan fingerprint density at radius 1 is 0.810 bits per heavy atom. The zero-order chi connectivity index (χ0) is 16.0. The van der Waals surface area contributed by atoms with Crippen molar-refractivity contribution in [2.45, 2.75) is 47.6 Å². The summed E-state index contributed by atoms with van der Waals surface area (Å²) in [4.78, 5) is 0. The fourth-order valence-electron chi connectivity index (χ4n) is 1.84. The highest BCUT2D eigenvalue weighted by molar-refractivity contribution is 5.38. The van der Waals surface area contributed by atoms with E-state index < -0.39 is 0 Å². The normalized spacial score (nSPS) is 10.0. The van der Waals surface area contributed by atoms with Crippen molar-refractivity contribution in [1.29, 1.82) is 0 Å². The molecule has 21 heavy (non-hydrogen) atoms. The summed E-state index contributed by atoms with van der Waals surface area (Å²) in [5.74, 6) is 1.39. The van der Waals surface area contributed by atoms with Gasteiger partial charge < -0.3 is 9.84 Å². The molecule has 0 atom stereocenters. The molecule has 2 heteroatoms. The Labute approximate surface area is 128 Å². The molecule has 0 bridgehead atoms. The van der Waals surface area contributed by atoms with Crippen LogP contribution in [0.25, 0.3) is 0 Å². The Kier molecular flexibility index (Phi) is 6.29. The second kappa shape index (κ2) is 7.72. The van der Waals surface area contributed by atoms with Gasteiger partial charge in [0.15, 0.2) is 0 Å². The van der Waals surface area contributed by atoms with E-state index in [4.69, 9.17) is 9.84 Å². The van der Waals surface area contributed by atoms with Gasteiger partial charge in [-0.1, -0.05) is 24.3 Å². The second-order valence-corrected chi connectivity index (χ2v) is 5.58. The van der Waals surface area contributed by atoms with Crippen LogP contribution >= 0.6 is 0 Å². The molecule has 1 N–H and O–H groups in total. The minimum atomic E-state index is 0.255. The quantitative estimate of drug-likeness (QED) is 0.832. The Morgan fingerprint density at radius 3 is 1.81 bits per heavy atom. The fourth-order valence-corrected chi connectivity index (χ4v) is 1.84. The van der Waals surface area contributed by atoms with Crippen molar-refractivity contribution in [3.05, 3.63) is 58.7 Å². The molecule has 0 radical (unpaired) electrons. The Hall–Kier alpha value is -1.96. The fraction of sp³-hybridized carbons (Fsp3) is 0.368. The van der Waals surface area contributed by atoms with Crippen LogP contribution in [-0.2, 0) is 0 Å². The number of ether oxygens (including phenoxy) is 1. The van der Waals surface area contributed by atoms with E-state index in [1.165, 1.54) is 11.1 Å². The number of hydrogen-bond acceptors (Lipinski definition) is 2. The average molecular weight is 286 g/mol. The van der Waals surface area contributed by atoms with Gasteiger partial charge in [0.1, 0.15) is 11.5 Å². The number of phenolic OH excluding ortho intramolecular Hbond substituents is 1. The van der Waals surface area contributed by atoms with Crippen LogP contribution in [0.4, 0.5) is 0 Å². The first kappa shape index (κ1) is 17.1. The maximum Gasteiger partial charge on any atom is 0.122 e. The highest BCUT2D eigenvalue weighted by atomic mass is 16.5. The first-order valence-corrected chi connectivity index (χ1v) is 7.31. The van der Waals surface area contributed by atoms with Crippen molar-refractivity contribution in [3.63, 3.8) is 0 Å². The lowest BCUT2D eigenvalue weighted by molar-refractivity contribution is 0.240. The summed E-state index contributed by atoms with van der Waals surface area (Å²) in [7, 11) is 0. The Balaban J connectivity index is 0.000000219. The lowest BCUT2D eigenvalue weighted by atomic mass is 10.1.